The lowest BCUT2D eigenvalue weighted by molar-refractivity contribution is 0.102. The van der Waals surface area contributed by atoms with Gasteiger partial charge in [-0.25, -0.2) is 4.98 Å². The fourth-order valence-electron chi connectivity index (χ4n) is 1.36. The van der Waals surface area contributed by atoms with E-state index in [0.29, 0.717) is 11.3 Å². The molecule has 1 aromatic carbocycles. The van der Waals surface area contributed by atoms with Crippen molar-refractivity contribution in [3.05, 3.63) is 58.3 Å². The second-order valence-corrected chi connectivity index (χ2v) is 4.50. The fraction of sp³-hybridized carbons (Fsp3) is 0.0769. The minimum Gasteiger partial charge on any atom is -0.321 e. The smallest absolute Gasteiger partial charge is 0.255 e. The van der Waals surface area contributed by atoms with Gasteiger partial charge in [0.25, 0.3) is 5.91 Å². The van der Waals surface area contributed by atoms with E-state index in [4.69, 9.17) is 0 Å². The Morgan fingerprint density at radius 2 is 1.88 bits per heavy atom. The molecule has 0 fully saturated rings. The predicted octanol–water partition coefficient (Wildman–Crippen LogP) is 3.40. The molecule has 4 heteroatoms. The maximum Gasteiger partial charge on any atom is 0.255 e. The number of halogens is 1. The van der Waals surface area contributed by atoms with Crippen LogP contribution in [-0.2, 0) is 0 Å². The van der Waals surface area contributed by atoms with Crippen LogP contribution in [0.3, 0.4) is 0 Å². The number of amides is 1. The molecule has 1 amide bonds. The topological polar surface area (TPSA) is 42.0 Å². The molecule has 1 heterocycles. The second kappa shape index (κ2) is 5.10. The van der Waals surface area contributed by atoms with Gasteiger partial charge in [-0.1, -0.05) is 17.7 Å². The number of aromatic nitrogens is 1. The van der Waals surface area contributed by atoms with E-state index in [1.165, 1.54) is 0 Å². The number of aryl methyl sites for hydroxylation is 1. The molecule has 0 radical (unpaired) electrons. The normalized spacial score (nSPS) is 10.0. The van der Waals surface area contributed by atoms with Crippen molar-refractivity contribution in [2.45, 2.75) is 6.92 Å². The lowest BCUT2D eigenvalue weighted by atomic mass is 10.1. The number of carbonyl (C=O) groups excluding carboxylic acids is 1. The van der Waals surface area contributed by atoms with Crippen LogP contribution in [0, 0.1) is 6.92 Å². The number of hydrogen-bond acceptors (Lipinski definition) is 2. The van der Waals surface area contributed by atoms with Crippen LogP contribution in [0.1, 0.15) is 15.9 Å². The number of carbonyl (C=O) groups is 1. The molecule has 0 aliphatic rings. The van der Waals surface area contributed by atoms with Crippen LogP contribution >= 0.6 is 15.9 Å². The van der Waals surface area contributed by atoms with E-state index in [-0.39, 0.29) is 5.91 Å². The van der Waals surface area contributed by atoms with Crippen LogP contribution in [0.2, 0.25) is 0 Å². The molecule has 0 aliphatic carbocycles. The second-order valence-electron chi connectivity index (χ2n) is 3.69. The van der Waals surface area contributed by atoms with Crippen LogP contribution in [0.25, 0.3) is 0 Å². The lowest BCUT2D eigenvalue weighted by Crippen LogP contribution is -2.11. The van der Waals surface area contributed by atoms with E-state index in [1.54, 1.807) is 30.5 Å². The first-order valence-corrected chi connectivity index (χ1v) is 5.94. The molecule has 0 unspecified atom stereocenters. The summed E-state index contributed by atoms with van der Waals surface area (Å²) in [5, 5.41) is 2.78. The van der Waals surface area contributed by atoms with Gasteiger partial charge >= 0.3 is 0 Å². The Morgan fingerprint density at radius 3 is 2.47 bits per heavy atom. The van der Waals surface area contributed by atoms with Crippen LogP contribution < -0.4 is 5.32 Å². The summed E-state index contributed by atoms with van der Waals surface area (Å²) in [5.41, 5.74) is 2.45. The number of anilines is 1. The van der Waals surface area contributed by atoms with Gasteiger partial charge in [0, 0.05) is 5.56 Å². The highest BCUT2D eigenvalue weighted by molar-refractivity contribution is 9.10. The van der Waals surface area contributed by atoms with E-state index in [2.05, 4.69) is 26.2 Å². The molecular formula is C13H11BrN2O. The van der Waals surface area contributed by atoms with Crippen molar-refractivity contribution in [3.8, 4) is 0 Å². The maximum absolute atomic E-state index is 11.9. The molecule has 0 aliphatic heterocycles. The van der Waals surface area contributed by atoms with Gasteiger partial charge in [0.2, 0.25) is 0 Å². The molecule has 2 rings (SSSR count). The maximum atomic E-state index is 11.9. The van der Waals surface area contributed by atoms with Gasteiger partial charge in [0.05, 0.1) is 11.9 Å². The summed E-state index contributed by atoms with van der Waals surface area (Å²) >= 11 is 3.24. The fourth-order valence-corrected chi connectivity index (χ4v) is 1.59. The molecule has 0 atom stereocenters. The van der Waals surface area contributed by atoms with Gasteiger partial charge in [-0.2, -0.15) is 0 Å². The molecule has 0 bridgehead atoms. The van der Waals surface area contributed by atoms with Crippen LogP contribution in [0.5, 0.6) is 0 Å². The van der Waals surface area contributed by atoms with Crippen molar-refractivity contribution < 1.29 is 4.79 Å². The molecule has 1 aromatic heterocycles. The summed E-state index contributed by atoms with van der Waals surface area (Å²) in [6.45, 7) is 1.99. The lowest BCUT2D eigenvalue weighted by Gasteiger charge is -2.05. The van der Waals surface area contributed by atoms with Gasteiger partial charge in [-0.15, -0.1) is 0 Å². The van der Waals surface area contributed by atoms with Gasteiger partial charge in [0.15, 0.2) is 0 Å². The number of hydrogen-bond donors (Lipinski definition) is 1. The quantitative estimate of drug-likeness (QED) is 0.862. The SMILES string of the molecule is Cc1ccc(C(=O)Nc2ccc(Br)nc2)cc1. The molecule has 3 nitrogen and oxygen atoms in total. The Hall–Kier alpha value is -1.68. The zero-order valence-corrected chi connectivity index (χ0v) is 10.9. The summed E-state index contributed by atoms with van der Waals surface area (Å²) in [7, 11) is 0. The first kappa shape index (κ1) is 11.8. The van der Waals surface area contributed by atoms with E-state index < -0.39 is 0 Å². The molecule has 86 valence electrons. The van der Waals surface area contributed by atoms with E-state index in [0.717, 1.165) is 10.2 Å². The van der Waals surface area contributed by atoms with E-state index in [9.17, 15) is 4.79 Å². The van der Waals surface area contributed by atoms with Crippen molar-refractivity contribution in [2.75, 3.05) is 5.32 Å². The number of benzene rings is 1. The first-order chi connectivity index (χ1) is 8.15. The minimum absolute atomic E-state index is 0.130. The van der Waals surface area contributed by atoms with Crippen molar-refractivity contribution in [3.63, 3.8) is 0 Å². The Morgan fingerprint density at radius 1 is 1.18 bits per heavy atom. The van der Waals surface area contributed by atoms with Crippen molar-refractivity contribution in [1.82, 2.24) is 4.98 Å². The van der Waals surface area contributed by atoms with Crippen molar-refractivity contribution in [2.24, 2.45) is 0 Å². The predicted molar refractivity (Wildman–Crippen MR) is 71.1 cm³/mol. The zero-order valence-electron chi connectivity index (χ0n) is 9.27. The highest BCUT2D eigenvalue weighted by Gasteiger charge is 2.05. The largest absolute Gasteiger partial charge is 0.321 e. The summed E-state index contributed by atoms with van der Waals surface area (Å²) in [6.07, 6.45) is 1.61. The summed E-state index contributed by atoms with van der Waals surface area (Å²) < 4.78 is 0.742. The van der Waals surface area contributed by atoms with E-state index >= 15 is 0 Å². The average Bonchev–Trinajstić information content (AvgIpc) is 2.33. The molecule has 0 spiro atoms. The van der Waals surface area contributed by atoms with Crippen molar-refractivity contribution >= 4 is 27.5 Å². The van der Waals surface area contributed by atoms with Crippen LogP contribution in [-0.4, -0.2) is 10.9 Å². The molecule has 0 saturated carbocycles. The Labute approximate surface area is 108 Å². The minimum atomic E-state index is -0.130. The number of rotatable bonds is 2. The van der Waals surface area contributed by atoms with Crippen LogP contribution in [0.15, 0.2) is 47.2 Å². The third-order valence-electron chi connectivity index (χ3n) is 2.30. The number of nitrogens with zero attached hydrogens (tertiary/aromatic N) is 1. The molecule has 0 saturated heterocycles. The first-order valence-electron chi connectivity index (χ1n) is 5.15. The summed E-state index contributed by atoms with van der Waals surface area (Å²) in [4.78, 5) is 15.9. The summed E-state index contributed by atoms with van der Waals surface area (Å²) in [6, 6.07) is 11.0. The number of pyridine rings is 1. The van der Waals surface area contributed by atoms with Gasteiger partial charge in [-0.3, -0.25) is 4.79 Å². The Kier molecular flexibility index (Phi) is 3.54. The third-order valence-corrected chi connectivity index (χ3v) is 2.77. The van der Waals surface area contributed by atoms with Crippen LogP contribution in [0.4, 0.5) is 5.69 Å². The molecular weight excluding hydrogens is 280 g/mol. The Balaban J connectivity index is 2.11. The number of nitrogens with one attached hydrogen (secondary N) is 1. The third kappa shape index (κ3) is 3.14. The van der Waals surface area contributed by atoms with Gasteiger partial charge < -0.3 is 5.32 Å². The molecule has 17 heavy (non-hydrogen) atoms. The molecule has 2 aromatic rings. The summed E-state index contributed by atoms with van der Waals surface area (Å²) in [5.74, 6) is -0.130. The van der Waals surface area contributed by atoms with E-state index in [1.807, 2.05) is 19.1 Å². The highest BCUT2D eigenvalue weighted by Crippen LogP contribution is 2.12. The monoisotopic (exact) mass is 290 g/mol. The van der Waals surface area contributed by atoms with Crippen molar-refractivity contribution in [1.29, 1.82) is 0 Å². The molecule has 1 N–H and O–H groups in total. The Bertz CT molecular complexity index is 520. The van der Waals surface area contributed by atoms with Gasteiger partial charge in [0.1, 0.15) is 4.60 Å². The highest BCUT2D eigenvalue weighted by atomic mass is 79.9. The standard InChI is InChI=1S/C13H11BrN2O/c1-9-2-4-10(5-3-9)13(17)16-11-6-7-12(14)15-8-11/h2-8H,1H3,(H,16,17). The van der Waals surface area contributed by atoms with Gasteiger partial charge in [-0.05, 0) is 47.1 Å². The zero-order chi connectivity index (χ0) is 12.3. The average molecular weight is 291 g/mol.